The van der Waals surface area contributed by atoms with Crippen molar-refractivity contribution in [3.8, 4) is 0 Å². The molecular weight excluding hydrogens is 320 g/mol. The second-order valence-corrected chi connectivity index (χ2v) is 5.42. The first-order valence-corrected chi connectivity index (χ1v) is 7.18. The van der Waals surface area contributed by atoms with Gasteiger partial charge in [0.2, 0.25) is 0 Å². The number of hydrogen-bond donors (Lipinski definition) is 3. The summed E-state index contributed by atoms with van der Waals surface area (Å²) in [4.78, 5) is 17.8. The molecular formula is C14H17BrN4O. The summed E-state index contributed by atoms with van der Waals surface area (Å²) in [5.74, 6) is 0.423. The number of halogens is 1. The molecule has 0 fully saturated rings. The van der Waals surface area contributed by atoms with Crippen molar-refractivity contribution in [2.45, 2.75) is 26.8 Å². The van der Waals surface area contributed by atoms with Crippen molar-refractivity contribution in [1.29, 1.82) is 0 Å². The van der Waals surface area contributed by atoms with Gasteiger partial charge in [-0.25, -0.2) is 4.79 Å². The van der Waals surface area contributed by atoms with E-state index in [2.05, 4.69) is 44.2 Å². The standard InChI is InChI=1S/C14H17BrN4O/c1-3-10-6-9(4-5-11(10)15)7-17-13-12(16)8(2)18-14(20)19-13/h4-6H,3,7,16H2,1-2H3,(H2,17,18,19,20). The van der Waals surface area contributed by atoms with Crippen LogP contribution in [0.3, 0.4) is 0 Å². The predicted octanol–water partition coefficient (Wildman–Crippen LogP) is 2.60. The molecule has 0 saturated heterocycles. The van der Waals surface area contributed by atoms with E-state index in [9.17, 15) is 4.79 Å². The fraction of sp³-hybridized carbons (Fsp3) is 0.286. The first-order valence-electron chi connectivity index (χ1n) is 6.38. The molecule has 0 saturated carbocycles. The molecule has 4 N–H and O–H groups in total. The second kappa shape index (κ2) is 6.09. The van der Waals surface area contributed by atoms with Crippen LogP contribution in [0.1, 0.15) is 23.7 Å². The average molecular weight is 337 g/mol. The molecule has 5 nitrogen and oxygen atoms in total. The second-order valence-electron chi connectivity index (χ2n) is 4.56. The zero-order valence-corrected chi connectivity index (χ0v) is 13.0. The lowest BCUT2D eigenvalue weighted by molar-refractivity contribution is 1.00. The van der Waals surface area contributed by atoms with Gasteiger partial charge in [-0.05, 0) is 30.5 Å². The predicted molar refractivity (Wildman–Crippen MR) is 84.9 cm³/mol. The molecule has 106 valence electrons. The van der Waals surface area contributed by atoms with Crippen molar-refractivity contribution < 1.29 is 0 Å². The topological polar surface area (TPSA) is 83.8 Å². The summed E-state index contributed by atoms with van der Waals surface area (Å²) in [7, 11) is 0. The molecule has 0 atom stereocenters. The van der Waals surface area contributed by atoms with Gasteiger partial charge >= 0.3 is 5.69 Å². The van der Waals surface area contributed by atoms with E-state index >= 15 is 0 Å². The van der Waals surface area contributed by atoms with Crippen molar-refractivity contribution in [2.24, 2.45) is 0 Å². The van der Waals surface area contributed by atoms with Crippen LogP contribution in [0.15, 0.2) is 27.5 Å². The minimum atomic E-state index is -0.399. The molecule has 0 aliphatic rings. The van der Waals surface area contributed by atoms with Gasteiger partial charge in [-0.3, -0.25) is 0 Å². The van der Waals surface area contributed by atoms with Gasteiger partial charge < -0.3 is 16.0 Å². The number of benzene rings is 1. The summed E-state index contributed by atoms with van der Waals surface area (Å²) in [6, 6.07) is 6.16. The molecule has 1 aromatic heterocycles. The summed E-state index contributed by atoms with van der Waals surface area (Å²) in [6.07, 6.45) is 0.957. The Morgan fingerprint density at radius 1 is 1.45 bits per heavy atom. The molecule has 0 aliphatic carbocycles. The minimum Gasteiger partial charge on any atom is -0.394 e. The molecule has 1 heterocycles. The van der Waals surface area contributed by atoms with Crippen molar-refractivity contribution >= 4 is 27.4 Å². The fourth-order valence-electron chi connectivity index (χ4n) is 1.92. The first kappa shape index (κ1) is 14.6. The average Bonchev–Trinajstić information content (AvgIpc) is 2.42. The Balaban J connectivity index is 2.19. The molecule has 1 aromatic carbocycles. The summed E-state index contributed by atoms with van der Waals surface area (Å²) >= 11 is 3.52. The highest BCUT2D eigenvalue weighted by Gasteiger charge is 2.06. The van der Waals surface area contributed by atoms with Crippen LogP contribution in [0.5, 0.6) is 0 Å². The fourth-order valence-corrected chi connectivity index (χ4v) is 2.45. The van der Waals surface area contributed by atoms with Crippen molar-refractivity contribution in [3.05, 3.63) is 50.0 Å². The SMILES string of the molecule is CCc1cc(CNc2nc(=O)[nH]c(C)c2N)ccc1Br. The number of nitrogens with two attached hydrogens (primary N) is 1. The highest BCUT2D eigenvalue weighted by Crippen LogP contribution is 2.20. The van der Waals surface area contributed by atoms with E-state index in [1.54, 1.807) is 6.92 Å². The molecule has 20 heavy (non-hydrogen) atoms. The highest BCUT2D eigenvalue weighted by atomic mass is 79.9. The molecule has 2 rings (SSSR count). The van der Waals surface area contributed by atoms with Crippen LogP contribution < -0.4 is 16.7 Å². The van der Waals surface area contributed by atoms with Crippen LogP contribution in [-0.4, -0.2) is 9.97 Å². The third-order valence-electron chi connectivity index (χ3n) is 3.12. The summed E-state index contributed by atoms with van der Waals surface area (Å²) in [5.41, 5.74) is 8.94. The largest absolute Gasteiger partial charge is 0.394 e. The van der Waals surface area contributed by atoms with Gasteiger partial charge in [0.15, 0.2) is 5.82 Å². The third-order valence-corrected chi connectivity index (χ3v) is 3.89. The summed E-state index contributed by atoms with van der Waals surface area (Å²) < 4.78 is 1.10. The van der Waals surface area contributed by atoms with Crippen LogP contribution in [-0.2, 0) is 13.0 Å². The number of aryl methyl sites for hydroxylation is 2. The maximum Gasteiger partial charge on any atom is 0.347 e. The summed E-state index contributed by atoms with van der Waals surface area (Å²) in [5, 5.41) is 3.11. The molecule has 0 spiro atoms. The van der Waals surface area contributed by atoms with E-state index in [0.717, 1.165) is 16.5 Å². The smallest absolute Gasteiger partial charge is 0.347 e. The third kappa shape index (κ3) is 3.19. The first-order chi connectivity index (χ1) is 9.51. The Morgan fingerprint density at radius 3 is 2.90 bits per heavy atom. The number of H-pyrrole nitrogens is 1. The Labute approximate surface area is 125 Å². The van der Waals surface area contributed by atoms with Crippen molar-refractivity contribution in [2.75, 3.05) is 11.1 Å². The lowest BCUT2D eigenvalue weighted by Gasteiger charge is -2.11. The van der Waals surface area contributed by atoms with Gasteiger partial charge in [0.05, 0.1) is 5.69 Å². The minimum absolute atomic E-state index is 0.399. The van der Waals surface area contributed by atoms with Gasteiger partial charge in [0.25, 0.3) is 0 Å². The normalized spacial score (nSPS) is 10.6. The Bertz CT molecular complexity index is 681. The van der Waals surface area contributed by atoms with E-state index in [1.165, 1.54) is 5.56 Å². The number of nitrogens with one attached hydrogen (secondary N) is 2. The van der Waals surface area contributed by atoms with Crippen LogP contribution in [0.25, 0.3) is 0 Å². The zero-order chi connectivity index (χ0) is 14.7. The highest BCUT2D eigenvalue weighted by molar-refractivity contribution is 9.10. The van der Waals surface area contributed by atoms with Crippen LogP contribution >= 0.6 is 15.9 Å². The number of nitrogens with zero attached hydrogens (tertiary/aromatic N) is 1. The Morgan fingerprint density at radius 2 is 2.20 bits per heavy atom. The van der Waals surface area contributed by atoms with Crippen LogP contribution in [0, 0.1) is 6.92 Å². The molecule has 0 aliphatic heterocycles. The monoisotopic (exact) mass is 336 g/mol. The molecule has 0 radical (unpaired) electrons. The lowest BCUT2D eigenvalue weighted by Crippen LogP contribution is -2.17. The Kier molecular flexibility index (Phi) is 4.44. The van der Waals surface area contributed by atoms with Gasteiger partial charge in [0.1, 0.15) is 0 Å². The van der Waals surface area contributed by atoms with E-state index in [1.807, 2.05) is 12.1 Å². The van der Waals surface area contributed by atoms with Crippen molar-refractivity contribution in [3.63, 3.8) is 0 Å². The number of anilines is 2. The molecule has 0 amide bonds. The molecule has 6 heteroatoms. The van der Waals surface area contributed by atoms with Crippen molar-refractivity contribution in [1.82, 2.24) is 9.97 Å². The zero-order valence-electron chi connectivity index (χ0n) is 11.5. The molecule has 0 bridgehead atoms. The van der Waals surface area contributed by atoms with E-state index in [0.29, 0.717) is 23.7 Å². The van der Waals surface area contributed by atoms with Gasteiger partial charge in [-0.15, -0.1) is 0 Å². The van der Waals surface area contributed by atoms with E-state index in [4.69, 9.17) is 5.73 Å². The lowest BCUT2D eigenvalue weighted by atomic mass is 10.1. The van der Waals surface area contributed by atoms with Gasteiger partial charge in [-0.1, -0.05) is 35.0 Å². The maximum atomic E-state index is 11.4. The van der Waals surface area contributed by atoms with Crippen LogP contribution in [0.4, 0.5) is 11.5 Å². The number of aromatic amines is 1. The van der Waals surface area contributed by atoms with E-state index < -0.39 is 5.69 Å². The quantitative estimate of drug-likeness (QED) is 0.801. The maximum absolute atomic E-state index is 11.4. The number of aromatic nitrogens is 2. The molecule has 2 aromatic rings. The number of hydrogen-bond acceptors (Lipinski definition) is 4. The van der Waals surface area contributed by atoms with Gasteiger partial charge in [0, 0.05) is 16.7 Å². The van der Waals surface area contributed by atoms with Crippen LogP contribution in [0.2, 0.25) is 0 Å². The summed E-state index contributed by atoms with van der Waals surface area (Å²) in [6.45, 7) is 4.43. The number of rotatable bonds is 4. The number of nitrogen functional groups attached to an aromatic ring is 1. The molecule has 0 unspecified atom stereocenters. The van der Waals surface area contributed by atoms with Gasteiger partial charge in [-0.2, -0.15) is 4.98 Å². The Hall–Kier alpha value is -1.82. The van der Waals surface area contributed by atoms with E-state index in [-0.39, 0.29) is 0 Å².